The fourth-order valence-electron chi connectivity index (χ4n) is 0.828. The minimum absolute atomic E-state index is 0.332. The zero-order chi connectivity index (χ0) is 14.0. The number of halogens is 2. The fourth-order valence-corrected chi connectivity index (χ4v) is 1.01. The molecule has 0 fully saturated rings. The molecule has 0 unspecified atom stereocenters. The van der Waals surface area contributed by atoms with Crippen molar-refractivity contribution in [3.8, 4) is 0 Å². The van der Waals surface area contributed by atoms with Crippen molar-refractivity contribution in [2.24, 2.45) is 0 Å². The van der Waals surface area contributed by atoms with Crippen molar-refractivity contribution in [3.63, 3.8) is 0 Å². The molecule has 0 aromatic rings. The highest BCUT2D eigenvalue weighted by Gasteiger charge is 2.02. The lowest BCUT2D eigenvalue weighted by Gasteiger charge is -2.21. The number of hydrogen-bond donors (Lipinski definition) is 0. The Labute approximate surface area is 116 Å². The summed E-state index contributed by atoms with van der Waals surface area (Å²) in [4.78, 5) is 4.12. The highest BCUT2D eigenvalue weighted by molar-refractivity contribution is 6.43. The maximum atomic E-state index is 5.85. The Bertz CT molecular complexity index is 271. The number of allylic oxidation sites excluding steroid dienone is 3. The van der Waals surface area contributed by atoms with Crippen LogP contribution in [0.1, 0.15) is 13.8 Å². The van der Waals surface area contributed by atoms with E-state index in [0.29, 0.717) is 10.1 Å². The molecule has 0 aliphatic rings. The largest absolute Gasteiger partial charge is 0.374 e. The van der Waals surface area contributed by atoms with Crippen LogP contribution in [0.15, 0.2) is 35.0 Å². The van der Waals surface area contributed by atoms with Gasteiger partial charge in [-0.3, -0.25) is 0 Å². The Hall–Kier alpha value is -0.440. The van der Waals surface area contributed by atoms with Crippen molar-refractivity contribution in [1.29, 1.82) is 0 Å². The first-order valence-corrected chi connectivity index (χ1v) is 6.37. The summed E-state index contributed by atoms with van der Waals surface area (Å²) in [7, 11) is 6.02. The highest BCUT2D eigenvalue weighted by atomic mass is 35.5. The van der Waals surface area contributed by atoms with E-state index in [2.05, 4.69) is 18.1 Å². The second kappa shape index (κ2) is 10.7. The van der Waals surface area contributed by atoms with E-state index in [1.165, 1.54) is 0 Å². The first-order chi connectivity index (χ1) is 7.84. The quantitative estimate of drug-likeness (QED) is 0.680. The Morgan fingerprint density at radius 1 is 1.06 bits per heavy atom. The zero-order valence-corrected chi connectivity index (χ0v) is 13.1. The highest BCUT2D eigenvalue weighted by Crippen LogP contribution is 2.18. The van der Waals surface area contributed by atoms with E-state index in [0.717, 1.165) is 18.8 Å². The standard InChI is InChI=1S/C11H18Cl2N2.C2H6/c1-9(8-11(13)10(2)12)15(5)7-6-14(3)4;1-2/h8H,1-2,6-7H2,3-5H3;1-2H3/b11-8+;. The minimum atomic E-state index is 0.332. The normalized spacial score (nSPS) is 10.7. The van der Waals surface area contributed by atoms with Gasteiger partial charge in [-0.25, -0.2) is 0 Å². The van der Waals surface area contributed by atoms with Crippen molar-refractivity contribution >= 4 is 23.2 Å². The average Bonchev–Trinajstić information content (AvgIpc) is 2.28. The summed E-state index contributed by atoms with van der Waals surface area (Å²) in [6, 6.07) is 0. The lowest BCUT2D eigenvalue weighted by Crippen LogP contribution is -2.27. The third-order valence-electron chi connectivity index (χ3n) is 1.93. The topological polar surface area (TPSA) is 6.48 Å². The Kier molecular flexibility index (Phi) is 11.9. The van der Waals surface area contributed by atoms with Crippen LogP contribution in [-0.4, -0.2) is 44.0 Å². The summed E-state index contributed by atoms with van der Waals surface area (Å²) >= 11 is 11.5. The van der Waals surface area contributed by atoms with Gasteiger partial charge >= 0.3 is 0 Å². The second-order valence-corrected chi connectivity index (χ2v) is 4.48. The van der Waals surface area contributed by atoms with Crippen molar-refractivity contribution in [1.82, 2.24) is 9.80 Å². The molecule has 0 spiro atoms. The summed E-state index contributed by atoms with van der Waals surface area (Å²) in [6.07, 6.45) is 1.71. The summed E-state index contributed by atoms with van der Waals surface area (Å²) in [6.45, 7) is 13.3. The predicted octanol–water partition coefficient (Wildman–Crippen LogP) is 3.89. The minimum Gasteiger partial charge on any atom is -0.374 e. The molecule has 0 rings (SSSR count). The molecule has 0 aromatic carbocycles. The molecule has 0 aliphatic heterocycles. The van der Waals surface area contributed by atoms with Crippen LogP contribution in [0.3, 0.4) is 0 Å². The van der Waals surface area contributed by atoms with Crippen LogP contribution in [0.2, 0.25) is 0 Å². The average molecular weight is 279 g/mol. The fraction of sp³-hybridized carbons (Fsp3) is 0.538. The van der Waals surface area contributed by atoms with E-state index < -0.39 is 0 Å². The molecular weight excluding hydrogens is 255 g/mol. The van der Waals surface area contributed by atoms with Crippen LogP contribution in [0.5, 0.6) is 0 Å². The maximum Gasteiger partial charge on any atom is 0.0606 e. The van der Waals surface area contributed by atoms with E-state index in [4.69, 9.17) is 23.2 Å². The molecule has 2 nitrogen and oxygen atoms in total. The SMILES string of the molecule is C=C(Cl)/C(Cl)=C\C(=C)N(C)CCN(C)C.CC. The molecule has 0 aliphatic carbocycles. The number of hydrogen-bond acceptors (Lipinski definition) is 2. The van der Waals surface area contributed by atoms with Crippen molar-refractivity contribution in [2.45, 2.75) is 13.8 Å². The Morgan fingerprint density at radius 2 is 1.53 bits per heavy atom. The molecule has 0 heterocycles. The lowest BCUT2D eigenvalue weighted by atomic mass is 10.3. The van der Waals surface area contributed by atoms with E-state index in [9.17, 15) is 0 Å². The molecule has 0 bridgehead atoms. The Morgan fingerprint density at radius 3 is 1.88 bits per heavy atom. The van der Waals surface area contributed by atoms with Crippen molar-refractivity contribution in [2.75, 3.05) is 34.2 Å². The molecule has 0 amide bonds. The van der Waals surface area contributed by atoms with E-state index in [1.807, 2.05) is 39.9 Å². The zero-order valence-electron chi connectivity index (χ0n) is 11.6. The molecule has 0 atom stereocenters. The van der Waals surface area contributed by atoms with Gasteiger partial charge in [-0.05, 0) is 20.2 Å². The molecule has 0 N–H and O–H groups in total. The molecule has 0 radical (unpaired) electrons. The smallest absolute Gasteiger partial charge is 0.0606 e. The summed E-state index contributed by atoms with van der Waals surface area (Å²) in [5.74, 6) is 0. The van der Waals surface area contributed by atoms with Gasteiger partial charge in [-0.1, -0.05) is 50.2 Å². The van der Waals surface area contributed by atoms with Gasteiger partial charge in [0.25, 0.3) is 0 Å². The van der Waals surface area contributed by atoms with Crippen LogP contribution >= 0.6 is 23.2 Å². The van der Waals surface area contributed by atoms with Crippen LogP contribution < -0.4 is 0 Å². The monoisotopic (exact) mass is 278 g/mol. The van der Waals surface area contributed by atoms with E-state index in [1.54, 1.807) is 6.08 Å². The molecule has 100 valence electrons. The summed E-state index contributed by atoms with van der Waals surface area (Å²) < 4.78 is 0. The van der Waals surface area contributed by atoms with Crippen LogP contribution in [0, 0.1) is 0 Å². The van der Waals surface area contributed by atoms with Gasteiger partial charge in [0.15, 0.2) is 0 Å². The van der Waals surface area contributed by atoms with Crippen molar-refractivity contribution in [3.05, 3.63) is 35.0 Å². The third kappa shape index (κ3) is 10.4. The first-order valence-electron chi connectivity index (χ1n) is 5.61. The van der Waals surface area contributed by atoms with Crippen LogP contribution in [0.25, 0.3) is 0 Å². The number of nitrogens with zero attached hydrogens (tertiary/aromatic N) is 2. The van der Waals surface area contributed by atoms with Gasteiger partial charge in [0.05, 0.1) is 10.1 Å². The van der Waals surface area contributed by atoms with Gasteiger partial charge < -0.3 is 9.80 Å². The van der Waals surface area contributed by atoms with Crippen LogP contribution in [0.4, 0.5) is 0 Å². The van der Waals surface area contributed by atoms with Crippen molar-refractivity contribution < 1.29 is 0 Å². The second-order valence-electron chi connectivity index (χ2n) is 3.61. The van der Waals surface area contributed by atoms with Crippen LogP contribution in [-0.2, 0) is 0 Å². The lowest BCUT2D eigenvalue weighted by molar-refractivity contribution is 0.331. The molecule has 17 heavy (non-hydrogen) atoms. The molecule has 4 heteroatoms. The Balaban J connectivity index is 0. The van der Waals surface area contributed by atoms with E-state index in [-0.39, 0.29) is 0 Å². The van der Waals surface area contributed by atoms with E-state index >= 15 is 0 Å². The van der Waals surface area contributed by atoms with Gasteiger partial charge in [-0.15, -0.1) is 0 Å². The summed E-state index contributed by atoms with van der Waals surface area (Å²) in [5, 5.41) is 0.761. The van der Waals surface area contributed by atoms with Gasteiger partial charge in [0.2, 0.25) is 0 Å². The van der Waals surface area contributed by atoms with Gasteiger partial charge in [0.1, 0.15) is 0 Å². The van der Waals surface area contributed by atoms with Gasteiger partial charge in [0, 0.05) is 25.8 Å². The molecular formula is C13H24Cl2N2. The number of likely N-dealkylation sites (N-methyl/N-ethyl adjacent to an activating group) is 2. The number of rotatable bonds is 6. The first kappa shape index (κ1) is 18.9. The maximum absolute atomic E-state index is 5.85. The summed E-state index contributed by atoms with van der Waals surface area (Å²) in [5.41, 5.74) is 0.823. The molecule has 0 aromatic heterocycles. The molecule has 0 saturated heterocycles. The van der Waals surface area contributed by atoms with Gasteiger partial charge in [-0.2, -0.15) is 0 Å². The predicted molar refractivity (Wildman–Crippen MR) is 80.6 cm³/mol. The molecule has 0 saturated carbocycles. The third-order valence-corrected chi connectivity index (χ3v) is 2.56.